The summed E-state index contributed by atoms with van der Waals surface area (Å²) in [5.41, 5.74) is 0. The first-order valence-electron chi connectivity index (χ1n) is 7.12. The summed E-state index contributed by atoms with van der Waals surface area (Å²) in [5, 5.41) is 0. The number of allylic oxidation sites excluding steroid dienone is 1. The van der Waals surface area contributed by atoms with Crippen LogP contribution in [0.4, 0.5) is 0 Å². The zero-order chi connectivity index (χ0) is 13.5. The van der Waals surface area contributed by atoms with E-state index in [1.54, 1.807) is 6.08 Å². The Kier molecular flexibility index (Phi) is 6.41. The van der Waals surface area contributed by atoms with E-state index >= 15 is 0 Å². The van der Waals surface area contributed by atoms with Gasteiger partial charge in [-0.2, -0.15) is 0 Å². The van der Waals surface area contributed by atoms with Gasteiger partial charge in [0.1, 0.15) is 0 Å². The second-order valence-electron chi connectivity index (χ2n) is 5.75. The van der Waals surface area contributed by atoms with Crippen LogP contribution in [0, 0.1) is 5.92 Å². The molecule has 0 atom stereocenters. The number of likely N-dealkylation sites (N-methyl/N-ethyl adjacent to an activating group) is 1. The van der Waals surface area contributed by atoms with Crippen LogP contribution in [-0.2, 0) is 4.79 Å². The van der Waals surface area contributed by atoms with Crippen molar-refractivity contribution in [1.82, 2.24) is 9.80 Å². The Labute approximate surface area is 112 Å². The van der Waals surface area contributed by atoms with Gasteiger partial charge in [0, 0.05) is 19.1 Å². The van der Waals surface area contributed by atoms with E-state index in [0.29, 0.717) is 6.04 Å². The van der Waals surface area contributed by atoms with Crippen LogP contribution < -0.4 is 0 Å². The molecule has 0 bridgehead atoms. The molecular weight excluding hydrogens is 224 g/mol. The summed E-state index contributed by atoms with van der Waals surface area (Å²) in [7, 11) is 4.11. The topological polar surface area (TPSA) is 23.6 Å². The van der Waals surface area contributed by atoms with E-state index in [4.69, 9.17) is 0 Å². The molecule has 1 rings (SSSR count). The van der Waals surface area contributed by atoms with E-state index < -0.39 is 0 Å². The average Bonchev–Trinajstić information content (AvgIpc) is 2.31. The third-order valence-electron chi connectivity index (χ3n) is 3.81. The quantitative estimate of drug-likeness (QED) is 0.702. The molecule has 104 valence electrons. The summed E-state index contributed by atoms with van der Waals surface area (Å²) in [5.74, 6) is 1.01. The highest BCUT2D eigenvalue weighted by atomic mass is 16.2. The van der Waals surface area contributed by atoms with E-state index in [2.05, 4.69) is 30.8 Å². The minimum Gasteiger partial charge on any atom is -0.335 e. The van der Waals surface area contributed by atoms with Gasteiger partial charge in [0.2, 0.25) is 5.91 Å². The summed E-state index contributed by atoms with van der Waals surface area (Å²) in [6.45, 7) is 6.00. The Morgan fingerprint density at radius 1 is 1.17 bits per heavy atom. The minimum atomic E-state index is 0.180. The lowest BCUT2D eigenvalue weighted by Crippen LogP contribution is -2.44. The van der Waals surface area contributed by atoms with Crippen LogP contribution in [-0.4, -0.2) is 48.9 Å². The van der Waals surface area contributed by atoms with Crippen molar-refractivity contribution in [3.05, 3.63) is 12.2 Å². The van der Waals surface area contributed by atoms with Gasteiger partial charge in [-0.1, -0.05) is 13.0 Å². The van der Waals surface area contributed by atoms with Crippen LogP contribution in [0.3, 0.4) is 0 Å². The predicted octanol–water partition coefficient (Wildman–Crippen LogP) is 2.53. The number of carbonyl (C=O) groups is 1. The lowest BCUT2D eigenvalue weighted by molar-refractivity contribution is -0.129. The van der Waals surface area contributed by atoms with Crippen molar-refractivity contribution in [2.45, 2.75) is 45.6 Å². The van der Waals surface area contributed by atoms with E-state index in [-0.39, 0.29) is 5.91 Å². The molecule has 1 aliphatic carbocycles. The van der Waals surface area contributed by atoms with Crippen LogP contribution in [0.5, 0.6) is 0 Å². The molecule has 1 amide bonds. The molecule has 3 nitrogen and oxygen atoms in total. The van der Waals surface area contributed by atoms with Crippen LogP contribution in [0.25, 0.3) is 0 Å². The first kappa shape index (κ1) is 15.2. The Balaban J connectivity index is 2.61. The molecular formula is C15H28N2O. The highest BCUT2D eigenvalue weighted by molar-refractivity contribution is 5.87. The van der Waals surface area contributed by atoms with Gasteiger partial charge in [-0.25, -0.2) is 0 Å². The summed E-state index contributed by atoms with van der Waals surface area (Å²) in [4.78, 5) is 16.4. The van der Waals surface area contributed by atoms with Crippen molar-refractivity contribution < 1.29 is 4.79 Å². The first-order valence-corrected chi connectivity index (χ1v) is 7.12. The fourth-order valence-corrected chi connectivity index (χ4v) is 2.57. The van der Waals surface area contributed by atoms with E-state index in [1.807, 2.05) is 13.0 Å². The van der Waals surface area contributed by atoms with Crippen molar-refractivity contribution in [2.75, 3.05) is 27.2 Å². The number of carbonyl (C=O) groups excluding carboxylic acids is 1. The lowest BCUT2D eigenvalue weighted by atomic mass is 9.86. The maximum Gasteiger partial charge on any atom is 0.246 e. The van der Waals surface area contributed by atoms with Gasteiger partial charge in [-0.05, 0) is 58.7 Å². The van der Waals surface area contributed by atoms with Gasteiger partial charge < -0.3 is 9.80 Å². The zero-order valence-electron chi connectivity index (χ0n) is 12.4. The zero-order valence-corrected chi connectivity index (χ0v) is 12.4. The average molecular weight is 252 g/mol. The van der Waals surface area contributed by atoms with Gasteiger partial charge >= 0.3 is 0 Å². The first-order chi connectivity index (χ1) is 8.54. The Bertz CT molecular complexity index is 278. The van der Waals surface area contributed by atoms with Gasteiger partial charge in [0.15, 0.2) is 0 Å². The summed E-state index contributed by atoms with van der Waals surface area (Å²) in [6.07, 6.45) is 8.39. The second-order valence-corrected chi connectivity index (χ2v) is 5.75. The van der Waals surface area contributed by atoms with Crippen LogP contribution in [0.2, 0.25) is 0 Å². The third kappa shape index (κ3) is 4.81. The molecule has 18 heavy (non-hydrogen) atoms. The molecule has 0 aromatic rings. The van der Waals surface area contributed by atoms with Gasteiger partial charge in [-0.15, -0.1) is 0 Å². The molecule has 1 aliphatic rings. The molecule has 0 heterocycles. The Morgan fingerprint density at radius 2 is 1.78 bits per heavy atom. The number of nitrogens with zero attached hydrogens (tertiary/aromatic N) is 2. The second kappa shape index (κ2) is 7.57. The maximum atomic E-state index is 12.2. The highest BCUT2D eigenvalue weighted by Gasteiger charge is 2.26. The highest BCUT2D eigenvalue weighted by Crippen LogP contribution is 2.27. The van der Waals surface area contributed by atoms with Crippen molar-refractivity contribution in [3.8, 4) is 0 Å². The number of hydrogen-bond donors (Lipinski definition) is 0. The molecule has 0 aromatic heterocycles. The maximum absolute atomic E-state index is 12.2. The minimum absolute atomic E-state index is 0.180. The van der Waals surface area contributed by atoms with E-state index in [1.165, 1.54) is 12.8 Å². The van der Waals surface area contributed by atoms with E-state index in [0.717, 1.165) is 31.8 Å². The van der Waals surface area contributed by atoms with Gasteiger partial charge in [0.05, 0.1) is 0 Å². The van der Waals surface area contributed by atoms with Gasteiger partial charge in [0.25, 0.3) is 0 Å². The monoisotopic (exact) mass is 252 g/mol. The van der Waals surface area contributed by atoms with Crippen LogP contribution in [0.1, 0.15) is 39.5 Å². The van der Waals surface area contributed by atoms with Crippen molar-refractivity contribution in [1.29, 1.82) is 0 Å². The fourth-order valence-electron chi connectivity index (χ4n) is 2.57. The fraction of sp³-hybridized carbons (Fsp3) is 0.800. The molecule has 3 heteroatoms. The summed E-state index contributed by atoms with van der Waals surface area (Å²) >= 11 is 0. The molecule has 1 fully saturated rings. The SMILES string of the molecule is C/C=C/C(=O)N(CCN(C)C)C1CCC(C)CC1. The number of hydrogen-bond acceptors (Lipinski definition) is 2. The van der Waals surface area contributed by atoms with Crippen molar-refractivity contribution >= 4 is 5.91 Å². The smallest absolute Gasteiger partial charge is 0.246 e. The normalized spacial score (nSPS) is 24.7. The molecule has 0 unspecified atom stereocenters. The number of amides is 1. The third-order valence-corrected chi connectivity index (χ3v) is 3.81. The molecule has 0 saturated heterocycles. The molecule has 0 spiro atoms. The molecule has 0 N–H and O–H groups in total. The molecule has 0 aliphatic heterocycles. The largest absolute Gasteiger partial charge is 0.335 e. The summed E-state index contributed by atoms with van der Waals surface area (Å²) in [6, 6.07) is 0.449. The lowest BCUT2D eigenvalue weighted by Gasteiger charge is -2.36. The molecule has 0 radical (unpaired) electrons. The van der Waals surface area contributed by atoms with Crippen molar-refractivity contribution in [3.63, 3.8) is 0 Å². The molecule has 0 aromatic carbocycles. The van der Waals surface area contributed by atoms with Crippen molar-refractivity contribution in [2.24, 2.45) is 5.92 Å². The Hall–Kier alpha value is -0.830. The standard InChI is InChI=1S/C15H28N2O/c1-5-6-15(18)17(12-11-16(3)4)14-9-7-13(2)8-10-14/h5-6,13-14H,7-12H2,1-4H3/b6-5+. The predicted molar refractivity (Wildman–Crippen MR) is 76.5 cm³/mol. The van der Waals surface area contributed by atoms with E-state index in [9.17, 15) is 4.79 Å². The van der Waals surface area contributed by atoms with Crippen LogP contribution >= 0.6 is 0 Å². The van der Waals surface area contributed by atoms with Gasteiger partial charge in [-0.3, -0.25) is 4.79 Å². The number of rotatable bonds is 5. The molecule has 1 saturated carbocycles. The van der Waals surface area contributed by atoms with Crippen LogP contribution in [0.15, 0.2) is 12.2 Å². The Morgan fingerprint density at radius 3 is 2.28 bits per heavy atom. The summed E-state index contributed by atoms with van der Waals surface area (Å²) < 4.78 is 0.